The van der Waals surface area contributed by atoms with Crippen molar-refractivity contribution in [3.8, 4) is 0 Å². The summed E-state index contributed by atoms with van der Waals surface area (Å²) in [7, 11) is -2.51. The molecule has 31 heavy (non-hydrogen) atoms. The second-order valence-electron chi connectivity index (χ2n) is 9.34. The van der Waals surface area contributed by atoms with Crippen LogP contribution in [-0.2, 0) is 20.5 Å². The fraction of sp³-hybridized carbons (Fsp3) is 0.636. The number of ether oxygens (including phenoxy) is 1. The number of hydrogen-bond donors (Lipinski definition) is 1. The van der Waals surface area contributed by atoms with Gasteiger partial charge in [-0.2, -0.15) is 0 Å². The highest BCUT2D eigenvalue weighted by Crippen LogP contribution is 2.35. The number of hydrogen-bond acceptors (Lipinski definition) is 4. The number of rotatable bonds is 3. The van der Waals surface area contributed by atoms with Gasteiger partial charge >= 0.3 is 6.03 Å². The van der Waals surface area contributed by atoms with E-state index in [1.54, 1.807) is 13.3 Å². The highest BCUT2D eigenvalue weighted by Gasteiger charge is 2.38. The van der Waals surface area contributed by atoms with Gasteiger partial charge in [0.1, 0.15) is 19.6 Å². The van der Waals surface area contributed by atoms with Crippen molar-refractivity contribution in [1.29, 1.82) is 0 Å². The lowest BCUT2D eigenvalue weighted by Gasteiger charge is -2.43. The number of piperidine rings is 2. The van der Waals surface area contributed by atoms with E-state index in [4.69, 9.17) is 4.74 Å². The Bertz CT molecular complexity index is 897. The Morgan fingerprint density at radius 3 is 2.58 bits per heavy atom. The topological polar surface area (TPSA) is 79.0 Å². The van der Waals surface area contributed by atoms with Gasteiger partial charge in [0.15, 0.2) is 0 Å². The van der Waals surface area contributed by atoms with Gasteiger partial charge in [-0.05, 0) is 68.7 Å². The summed E-state index contributed by atoms with van der Waals surface area (Å²) in [6, 6.07) is 4.65. The molecule has 0 radical (unpaired) electrons. The normalized spacial score (nSPS) is 25.2. The van der Waals surface area contributed by atoms with E-state index in [9.17, 15) is 18.5 Å². The van der Waals surface area contributed by atoms with E-state index < -0.39 is 7.14 Å². The Kier molecular flexibility index (Phi) is 6.40. The first-order chi connectivity index (χ1) is 14.7. The molecule has 0 unspecified atom stereocenters. The molecule has 3 amide bonds. The van der Waals surface area contributed by atoms with Crippen LogP contribution in [0.25, 0.3) is 0 Å². The van der Waals surface area contributed by atoms with Crippen molar-refractivity contribution < 1.29 is 23.3 Å². The first kappa shape index (κ1) is 22.3. The molecule has 170 valence electrons. The maximum atomic E-state index is 14.0. The predicted molar refractivity (Wildman–Crippen MR) is 117 cm³/mol. The summed E-state index contributed by atoms with van der Waals surface area (Å²) in [5, 5.41) is 3.51. The molecular formula is C22H31FN3O4P. The van der Waals surface area contributed by atoms with E-state index in [2.05, 4.69) is 5.32 Å². The zero-order chi connectivity index (χ0) is 22.2. The number of benzene rings is 1. The summed E-state index contributed by atoms with van der Waals surface area (Å²) in [5.74, 6) is -0.103. The second-order valence-corrected chi connectivity index (χ2v) is 12.6. The van der Waals surface area contributed by atoms with Gasteiger partial charge in [-0.15, -0.1) is 0 Å². The molecule has 9 heteroatoms. The molecule has 0 spiro atoms. The fourth-order valence-corrected chi connectivity index (χ4v) is 5.71. The van der Waals surface area contributed by atoms with Crippen LogP contribution in [0.3, 0.4) is 0 Å². The maximum absolute atomic E-state index is 14.0. The highest BCUT2D eigenvalue weighted by atomic mass is 31.2. The number of amides is 3. The molecule has 2 atom stereocenters. The minimum absolute atomic E-state index is 0.00908. The van der Waals surface area contributed by atoms with Crippen molar-refractivity contribution in [2.75, 3.05) is 46.1 Å². The van der Waals surface area contributed by atoms with E-state index in [-0.39, 0.29) is 36.5 Å². The van der Waals surface area contributed by atoms with Crippen LogP contribution in [-0.4, -0.2) is 80.0 Å². The van der Waals surface area contributed by atoms with Crippen molar-refractivity contribution in [3.05, 3.63) is 29.6 Å². The van der Waals surface area contributed by atoms with Gasteiger partial charge in [-0.1, -0.05) is 0 Å². The summed E-state index contributed by atoms with van der Waals surface area (Å²) in [6.45, 7) is 5.86. The number of carbonyl (C=O) groups excluding carboxylic acids is 2. The number of morpholine rings is 1. The average molecular weight is 451 g/mol. The van der Waals surface area contributed by atoms with Gasteiger partial charge in [0.05, 0.1) is 12.1 Å². The molecule has 0 aliphatic carbocycles. The number of carbonyl (C=O) groups is 2. The second kappa shape index (κ2) is 8.91. The summed E-state index contributed by atoms with van der Waals surface area (Å²) in [6.07, 6.45) is 3.16. The zero-order valence-corrected chi connectivity index (χ0v) is 19.1. The number of urea groups is 1. The van der Waals surface area contributed by atoms with E-state index in [0.717, 1.165) is 31.2 Å². The lowest BCUT2D eigenvalue weighted by atomic mass is 9.90. The summed E-state index contributed by atoms with van der Waals surface area (Å²) < 4.78 is 31.9. The quantitative estimate of drug-likeness (QED) is 0.714. The number of likely N-dealkylation sites (tertiary alicyclic amines) is 2. The molecule has 4 rings (SSSR count). The predicted octanol–water partition coefficient (Wildman–Crippen LogP) is 2.04. The third-order valence-electron chi connectivity index (χ3n) is 6.57. The SMILES string of the molecule is CP(C)(=O)c1cc(F)cc(CC2CCN(C(=O)N3CC[C@@H]4OCC(=O)N[C@@H]4C3)CC2)c1. The van der Waals surface area contributed by atoms with Crippen LogP contribution in [0.5, 0.6) is 0 Å². The van der Waals surface area contributed by atoms with Crippen LogP contribution in [0.15, 0.2) is 18.2 Å². The number of halogens is 1. The van der Waals surface area contributed by atoms with E-state index in [1.165, 1.54) is 12.1 Å². The largest absolute Gasteiger partial charge is 0.366 e. The van der Waals surface area contributed by atoms with E-state index in [1.807, 2.05) is 15.9 Å². The molecule has 3 saturated heterocycles. The molecule has 0 bridgehead atoms. The van der Waals surface area contributed by atoms with Crippen molar-refractivity contribution >= 4 is 24.4 Å². The van der Waals surface area contributed by atoms with Gasteiger partial charge in [0, 0.05) is 31.5 Å². The lowest BCUT2D eigenvalue weighted by molar-refractivity contribution is -0.139. The average Bonchev–Trinajstić information content (AvgIpc) is 2.72. The Morgan fingerprint density at radius 1 is 1.16 bits per heavy atom. The van der Waals surface area contributed by atoms with Gasteiger partial charge in [0.2, 0.25) is 5.91 Å². The van der Waals surface area contributed by atoms with Crippen molar-refractivity contribution in [1.82, 2.24) is 15.1 Å². The molecule has 3 aliphatic rings. The first-order valence-electron chi connectivity index (χ1n) is 11.0. The molecule has 1 N–H and O–H groups in total. The van der Waals surface area contributed by atoms with E-state index >= 15 is 0 Å². The standard InChI is InChI=1S/C22H31FN3O4P/c1-31(2,29)18-11-16(10-17(23)12-18)9-15-3-6-25(7-4-15)22(28)26-8-5-20-19(13-26)24-21(27)14-30-20/h10-12,15,19-20H,3-9,13-14H2,1-2H3,(H,24,27)/t19-,20+/m1/s1. The fourth-order valence-electron chi connectivity index (χ4n) is 4.80. The molecule has 3 fully saturated rings. The first-order valence-corrected chi connectivity index (χ1v) is 13.6. The Morgan fingerprint density at radius 2 is 1.87 bits per heavy atom. The third-order valence-corrected chi connectivity index (χ3v) is 8.07. The molecule has 0 aromatic heterocycles. The van der Waals surface area contributed by atoms with Crippen LogP contribution < -0.4 is 10.6 Å². The van der Waals surface area contributed by atoms with Gasteiger partial charge in [0.25, 0.3) is 0 Å². The molecule has 0 saturated carbocycles. The van der Waals surface area contributed by atoms with Crippen LogP contribution in [0.4, 0.5) is 9.18 Å². The Hall–Kier alpha value is -1.92. The number of fused-ring (bicyclic) bond motifs is 1. The van der Waals surface area contributed by atoms with Crippen LogP contribution in [0.2, 0.25) is 0 Å². The van der Waals surface area contributed by atoms with Crippen LogP contribution >= 0.6 is 7.14 Å². The summed E-state index contributed by atoms with van der Waals surface area (Å²) in [4.78, 5) is 28.3. The Labute approximate surface area is 182 Å². The molecule has 7 nitrogen and oxygen atoms in total. The lowest BCUT2D eigenvalue weighted by Crippen LogP contribution is -2.62. The number of nitrogens with zero attached hydrogens (tertiary/aromatic N) is 2. The van der Waals surface area contributed by atoms with Crippen LogP contribution in [0, 0.1) is 11.7 Å². The summed E-state index contributed by atoms with van der Waals surface area (Å²) >= 11 is 0. The van der Waals surface area contributed by atoms with Crippen LogP contribution in [0.1, 0.15) is 24.8 Å². The number of nitrogens with one attached hydrogen (secondary N) is 1. The Balaban J connectivity index is 1.31. The van der Waals surface area contributed by atoms with Crippen molar-refractivity contribution in [3.63, 3.8) is 0 Å². The van der Waals surface area contributed by atoms with E-state index in [0.29, 0.717) is 37.4 Å². The highest BCUT2D eigenvalue weighted by molar-refractivity contribution is 7.70. The molecule has 3 heterocycles. The van der Waals surface area contributed by atoms with Gasteiger partial charge in [-0.3, -0.25) is 4.79 Å². The molecule has 1 aromatic carbocycles. The molecular weight excluding hydrogens is 420 g/mol. The molecule has 3 aliphatic heterocycles. The molecule has 1 aromatic rings. The summed E-state index contributed by atoms with van der Waals surface area (Å²) in [5.41, 5.74) is 0.874. The maximum Gasteiger partial charge on any atom is 0.320 e. The zero-order valence-electron chi connectivity index (χ0n) is 18.2. The smallest absolute Gasteiger partial charge is 0.320 e. The van der Waals surface area contributed by atoms with Crippen molar-refractivity contribution in [2.24, 2.45) is 5.92 Å². The minimum Gasteiger partial charge on any atom is -0.366 e. The van der Waals surface area contributed by atoms with Gasteiger partial charge in [-0.25, -0.2) is 9.18 Å². The minimum atomic E-state index is -2.51. The monoisotopic (exact) mass is 451 g/mol. The van der Waals surface area contributed by atoms with Crippen molar-refractivity contribution in [2.45, 2.75) is 37.8 Å². The third kappa shape index (κ3) is 5.29. The van der Waals surface area contributed by atoms with Gasteiger partial charge < -0.3 is 24.4 Å².